The number of carboxylic acid groups (broad SMARTS) is 1. The van der Waals surface area contributed by atoms with Crippen molar-refractivity contribution in [2.45, 2.75) is 6.42 Å². The zero-order valence-corrected chi connectivity index (χ0v) is 9.00. The van der Waals surface area contributed by atoms with Gasteiger partial charge < -0.3 is 10.8 Å². The monoisotopic (exact) mass is 229 g/mol. The van der Waals surface area contributed by atoms with Gasteiger partial charge in [0.25, 0.3) is 0 Å². The molecule has 0 aliphatic carbocycles. The number of nitrogens with two attached hydrogens (primary N) is 1. The second kappa shape index (κ2) is 4.61. The summed E-state index contributed by atoms with van der Waals surface area (Å²) < 4.78 is 0. The molecule has 0 amide bonds. The summed E-state index contributed by atoms with van der Waals surface area (Å²) in [5.74, 6) is -0.223. The van der Waals surface area contributed by atoms with Gasteiger partial charge in [0.05, 0.1) is 12.1 Å². The van der Waals surface area contributed by atoms with Crippen LogP contribution in [0.25, 0.3) is 11.4 Å². The van der Waals surface area contributed by atoms with Gasteiger partial charge in [-0.1, -0.05) is 30.3 Å². The van der Waals surface area contributed by atoms with Crippen molar-refractivity contribution >= 4 is 11.8 Å². The summed E-state index contributed by atoms with van der Waals surface area (Å²) in [4.78, 5) is 18.9. The highest BCUT2D eigenvalue weighted by Gasteiger charge is 2.07. The Morgan fingerprint density at radius 1 is 1.24 bits per heavy atom. The van der Waals surface area contributed by atoms with E-state index in [1.165, 1.54) is 6.07 Å². The number of aliphatic carboxylic acids is 1. The Hall–Kier alpha value is -2.43. The lowest BCUT2D eigenvalue weighted by Crippen LogP contribution is -2.06. The van der Waals surface area contributed by atoms with E-state index in [-0.39, 0.29) is 12.2 Å². The number of nitrogen functional groups attached to an aromatic ring is 1. The minimum atomic E-state index is -0.942. The first kappa shape index (κ1) is 11.1. The fourth-order valence-corrected chi connectivity index (χ4v) is 1.48. The summed E-state index contributed by atoms with van der Waals surface area (Å²) in [6, 6.07) is 10.8. The smallest absolute Gasteiger partial charge is 0.309 e. The van der Waals surface area contributed by atoms with Crippen molar-refractivity contribution in [3.05, 3.63) is 42.1 Å². The number of carbonyl (C=O) groups is 1. The highest BCUT2D eigenvalue weighted by molar-refractivity contribution is 5.70. The molecule has 1 aromatic heterocycles. The van der Waals surface area contributed by atoms with Gasteiger partial charge in [-0.25, -0.2) is 9.97 Å². The summed E-state index contributed by atoms with van der Waals surface area (Å²) in [5.41, 5.74) is 6.85. The Morgan fingerprint density at radius 3 is 2.59 bits per heavy atom. The molecule has 0 radical (unpaired) electrons. The van der Waals surface area contributed by atoms with Crippen molar-refractivity contribution in [2.24, 2.45) is 0 Å². The minimum absolute atomic E-state index is 0.160. The van der Waals surface area contributed by atoms with Crippen LogP contribution in [-0.2, 0) is 11.2 Å². The van der Waals surface area contributed by atoms with Gasteiger partial charge in [-0.3, -0.25) is 4.79 Å². The number of anilines is 1. The fourth-order valence-electron chi connectivity index (χ4n) is 1.48. The molecular weight excluding hydrogens is 218 g/mol. The molecule has 0 saturated carbocycles. The molecule has 86 valence electrons. The van der Waals surface area contributed by atoms with Gasteiger partial charge >= 0.3 is 5.97 Å². The van der Waals surface area contributed by atoms with Gasteiger partial charge in [-0.05, 0) is 0 Å². The van der Waals surface area contributed by atoms with Gasteiger partial charge in [0.2, 0.25) is 0 Å². The Morgan fingerprint density at radius 2 is 1.94 bits per heavy atom. The summed E-state index contributed by atoms with van der Waals surface area (Å²) >= 11 is 0. The molecule has 0 spiro atoms. The SMILES string of the molecule is Nc1cc(CC(=O)O)nc(-c2ccccc2)n1. The van der Waals surface area contributed by atoms with Crippen LogP contribution < -0.4 is 5.73 Å². The van der Waals surface area contributed by atoms with Gasteiger partial charge in [-0.15, -0.1) is 0 Å². The van der Waals surface area contributed by atoms with E-state index in [2.05, 4.69) is 9.97 Å². The number of hydrogen-bond donors (Lipinski definition) is 2. The molecule has 2 rings (SSSR count). The Labute approximate surface area is 98.0 Å². The van der Waals surface area contributed by atoms with E-state index in [1.807, 2.05) is 30.3 Å². The predicted molar refractivity (Wildman–Crippen MR) is 63.2 cm³/mol. The maximum atomic E-state index is 10.6. The average Bonchev–Trinajstić information content (AvgIpc) is 2.28. The van der Waals surface area contributed by atoms with Gasteiger partial charge in [-0.2, -0.15) is 0 Å². The van der Waals surface area contributed by atoms with Crippen molar-refractivity contribution < 1.29 is 9.90 Å². The zero-order chi connectivity index (χ0) is 12.3. The second-order valence-electron chi connectivity index (χ2n) is 3.54. The number of carboxylic acids is 1. The van der Waals surface area contributed by atoms with Gasteiger partial charge in [0, 0.05) is 11.6 Å². The topological polar surface area (TPSA) is 89.1 Å². The van der Waals surface area contributed by atoms with E-state index in [0.29, 0.717) is 11.5 Å². The molecule has 0 atom stereocenters. The summed E-state index contributed by atoms with van der Waals surface area (Å²) in [6.45, 7) is 0. The lowest BCUT2D eigenvalue weighted by molar-refractivity contribution is -0.136. The maximum absolute atomic E-state index is 10.6. The number of nitrogens with zero attached hydrogens (tertiary/aromatic N) is 2. The number of rotatable bonds is 3. The van der Waals surface area contributed by atoms with Crippen LogP contribution in [0, 0.1) is 0 Å². The molecule has 1 aromatic carbocycles. The maximum Gasteiger partial charge on any atom is 0.309 e. The minimum Gasteiger partial charge on any atom is -0.481 e. The first-order chi connectivity index (χ1) is 8.15. The van der Waals surface area contributed by atoms with Crippen molar-refractivity contribution in [2.75, 3.05) is 5.73 Å². The molecule has 3 N–H and O–H groups in total. The molecule has 0 fully saturated rings. The van der Waals surface area contributed by atoms with Crippen LogP contribution in [0.15, 0.2) is 36.4 Å². The molecule has 0 unspecified atom stereocenters. The quantitative estimate of drug-likeness (QED) is 0.829. The molecular formula is C12H11N3O2. The summed E-state index contributed by atoms with van der Waals surface area (Å²) in [7, 11) is 0. The fraction of sp³-hybridized carbons (Fsp3) is 0.0833. The second-order valence-corrected chi connectivity index (χ2v) is 3.54. The van der Waals surface area contributed by atoms with Crippen LogP contribution in [0.3, 0.4) is 0 Å². The van der Waals surface area contributed by atoms with E-state index >= 15 is 0 Å². The van der Waals surface area contributed by atoms with E-state index in [4.69, 9.17) is 10.8 Å². The Balaban J connectivity index is 2.42. The molecule has 1 heterocycles. The van der Waals surface area contributed by atoms with E-state index in [9.17, 15) is 4.79 Å². The molecule has 0 bridgehead atoms. The van der Waals surface area contributed by atoms with E-state index in [0.717, 1.165) is 5.56 Å². The highest BCUT2D eigenvalue weighted by Crippen LogP contribution is 2.16. The highest BCUT2D eigenvalue weighted by atomic mass is 16.4. The number of aromatic nitrogens is 2. The number of hydrogen-bond acceptors (Lipinski definition) is 4. The molecule has 5 heteroatoms. The third-order valence-corrected chi connectivity index (χ3v) is 2.16. The first-order valence-electron chi connectivity index (χ1n) is 5.06. The Kier molecular flexibility index (Phi) is 3.00. The average molecular weight is 229 g/mol. The van der Waals surface area contributed by atoms with Crippen LogP contribution >= 0.6 is 0 Å². The van der Waals surface area contributed by atoms with Crippen LogP contribution in [0.1, 0.15) is 5.69 Å². The molecule has 2 aromatic rings. The molecule has 5 nitrogen and oxygen atoms in total. The lowest BCUT2D eigenvalue weighted by Gasteiger charge is -2.04. The van der Waals surface area contributed by atoms with Crippen LogP contribution in [0.4, 0.5) is 5.82 Å². The summed E-state index contributed by atoms with van der Waals surface area (Å²) in [5, 5.41) is 8.72. The molecule has 0 aliphatic heterocycles. The largest absolute Gasteiger partial charge is 0.481 e. The molecule has 0 aliphatic rings. The van der Waals surface area contributed by atoms with Gasteiger partial charge in [0.1, 0.15) is 5.82 Å². The third-order valence-electron chi connectivity index (χ3n) is 2.16. The predicted octanol–water partition coefficient (Wildman–Crippen LogP) is 1.35. The number of benzene rings is 1. The normalized spacial score (nSPS) is 10.1. The van der Waals surface area contributed by atoms with Crippen LogP contribution in [0.5, 0.6) is 0 Å². The summed E-state index contributed by atoms with van der Waals surface area (Å²) in [6.07, 6.45) is -0.160. The van der Waals surface area contributed by atoms with Crippen LogP contribution in [-0.4, -0.2) is 21.0 Å². The molecule has 17 heavy (non-hydrogen) atoms. The molecule has 0 saturated heterocycles. The van der Waals surface area contributed by atoms with Gasteiger partial charge in [0.15, 0.2) is 5.82 Å². The Bertz CT molecular complexity index is 541. The van der Waals surface area contributed by atoms with Crippen molar-refractivity contribution in [3.8, 4) is 11.4 Å². The first-order valence-corrected chi connectivity index (χ1v) is 5.06. The van der Waals surface area contributed by atoms with E-state index < -0.39 is 5.97 Å². The van der Waals surface area contributed by atoms with Crippen molar-refractivity contribution in [1.82, 2.24) is 9.97 Å². The zero-order valence-electron chi connectivity index (χ0n) is 9.00. The third kappa shape index (κ3) is 2.78. The van der Waals surface area contributed by atoms with Crippen LogP contribution in [0.2, 0.25) is 0 Å². The van der Waals surface area contributed by atoms with E-state index in [1.54, 1.807) is 0 Å². The standard InChI is InChI=1S/C12H11N3O2/c13-10-6-9(7-11(16)17)14-12(15-10)8-4-2-1-3-5-8/h1-6H,7H2,(H,16,17)(H2,13,14,15). The lowest BCUT2D eigenvalue weighted by atomic mass is 10.2. The van der Waals surface area contributed by atoms with Crippen molar-refractivity contribution in [1.29, 1.82) is 0 Å². The van der Waals surface area contributed by atoms with Crippen molar-refractivity contribution in [3.63, 3.8) is 0 Å².